The number of nitrogens with one attached hydrogen (secondary N) is 1. The van der Waals surface area contributed by atoms with Crippen molar-refractivity contribution in [1.29, 1.82) is 0 Å². The molecule has 1 aliphatic carbocycles. The van der Waals surface area contributed by atoms with Crippen molar-refractivity contribution in [2.75, 3.05) is 18.5 Å². The van der Waals surface area contributed by atoms with Gasteiger partial charge in [-0.15, -0.1) is 0 Å². The summed E-state index contributed by atoms with van der Waals surface area (Å²) in [4.78, 5) is 19.4. The van der Waals surface area contributed by atoms with E-state index in [0.717, 1.165) is 25.7 Å². The number of hydrogen-bond acceptors (Lipinski definition) is 5. The minimum atomic E-state index is -0.686. The van der Waals surface area contributed by atoms with Crippen molar-refractivity contribution in [2.45, 2.75) is 32.6 Å². The Morgan fingerprint density at radius 1 is 1.45 bits per heavy atom. The molecule has 1 fully saturated rings. The van der Waals surface area contributed by atoms with Crippen LogP contribution in [-0.2, 0) is 4.79 Å². The Kier molecular flexibility index (Phi) is 5.15. The lowest BCUT2D eigenvalue weighted by Gasteiger charge is -2.28. The maximum absolute atomic E-state index is 11.2. The number of hydrogen-bond donors (Lipinski definition) is 2. The molecule has 110 valence electrons. The monoisotopic (exact) mass is 279 g/mol. The zero-order chi connectivity index (χ0) is 14.4. The molecule has 1 saturated carbocycles. The number of nitrogens with zero attached hydrogens (tertiary/aromatic N) is 2. The van der Waals surface area contributed by atoms with Gasteiger partial charge >= 0.3 is 5.97 Å². The molecule has 0 aliphatic heterocycles. The van der Waals surface area contributed by atoms with E-state index in [2.05, 4.69) is 15.3 Å². The molecule has 1 aromatic heterocycles. The van der Waals surface area contributed by atoms with Gasteiger partial charge in [0.15, 0.2) is 0 Å². The lowest BCUT2D eigenvalue weighted by atomic mass is 9.79. The zero-order valence-electron chi connectivity index (χ0n) is 11.7. The molecule has 0 spiro atoms. The zero-order valence-corrected chi connectivity index (χ0v) is 11.7. The summed E-state index contributed by atoms with van der Waals surface area (Å²) in [5.41, 5.74) is 0. The van der Waals surface area contributed by atoms with E-state index >= 15 is 0 Å². The minimum Gasteiger partial charge on any atom is -0.481 e. The van der Waals surface area contributed by atoms with Crippen molar-refractivity contribution in [3.05, 3.63) is 12.4 Å². The van der Waals surface area contributed by atoms with E-state index in [1.54, 1.807) is 6.07 Å². The molecule has 2 atom stereocenters. The quantitative estimate of drug-likeness (QED) is 0.830. The lowest BCUT2D eigenvalue weighted by molar-refractivity contribution is -0.144. The molecule has 1 aliphatic rings. The van der Waals surface area contributed by atoms with Crippen molar-refractivity contribution in [3.8, 4) is 5.88 Å². The van der Waals surface area contributed by atoms with Gasteiger partial charge in [-0.3, -0.25) is 4.79 Å². The van der Waals surface area contributed by atoms with E-state index in [1.807, 2.05) is 6.92 Å². The van der Waals surface area contributed by atoms with Crippen LogP contribution in [0.25, 0.3) is 0 Å². The fourth-order valence-electron chi connectivity index (χ4n) is 2.68. The molecule has 0 radical (unpaired) electrons. The third kappa shape index (κ3) is 3.82. The van der Waals surface area contributed by atoms with Crippen molar-refractivity contribution in [1.82, 2.24) is 9.97 Å². The maximum Gasteiger partial charge on any atom is 0.306 e. The molecule has 2 N–H and O–H groups in total. The second kappa shape index (κ2) is 7.07. The average Bonchev–Trinajstić information content (AvgIpc) is 2.46. The minimum absolute atomic E-state index is 0.159. The third-order valence-corrected chi connectivity index (χ3v) is 3.71. The van der Waals surface area contributed by atoms with E-state index in [9.17, 15) is 9.90 Å². The van der Waals surface area contributed by atoms with Crippen molar-refractivity contribution in [2.24, 2.45) is 11.8 Å². The van der Waals surface area contributed by atoms with Gasteiger partial charge in [-0.2, -0.15) is 0 Å². The number of carboxylic acids is 1. The topological polar surface area (TPSA) is 84.3 Å². The molecule has 0 bridgehead atoms. The van der Waals surface area contributed by atoms with Crippen LogP contribution in [0, 0.1) is 11.8 Å². The third-order valence-electron chi connectivity index (χ3n) is 3.71. The number of aromatic nitrogens is 2. The number of rotatable bonds is 6. The Labute approximate surface area is 118 Å². The summed E-state index contributed by atoms with van der Waals surface area (Å²) in [7, 11) is 0. The molecule has 20 heavy (non-hydrogen) atoms. The summed E-state index contributed by atoms with van der Waals surface area (Å²) in [6, 6.07) is 1.74. The fraction of sp³-hybridized carbons (Fsp3) is 0.643. The Balaban J connectivity index is 1.93. The van der Waals surface area contributed by atoms with Crippen LogP contribution in [0.15, 0.2) is 12.4 Å². The van der Waals surface area contributed by atoms with Gasteiger partial charge in [-0.1, -0.05) is 12.8 Å². The van der Waals surface area contributed by atoms with Gasteiger partial charge in [-0.25, -0.2) is 9.97 Å². The second-order valence-electron chi connectivity index (χ2n) is 5.04. The predicted molar refractivity (Wildman–Crippen MR) is 74.8 cm³/mol. The van der Waals surface area contributed by atoms with Crippen molar-refractivity contribution < 1.29 is 14.6 Å². The number of ether oxygens (including phenoxy) is 1. The lowest BCUT2D eigenvalue weighted by Crippen LogP contribution is -2.31. The van der Waals surface area contributed by atoms with Crippen LogP contribution in [0.3, 0.4) is 0 Å². The molecule has 0 saturated heterocycles. The van der Waals surface area contributed by atoms with Crippen LogP contribution in [0.4, 0.5) is 5.82 Å². The van der Waals surface area contributed by atoms with Crippen LogP contribution >= 0.6 is 0 Å². The first-order valence-corrected chi connectivity index (χ1v) is 7.12. The summed E-state index contributed by atoms with van der Waals surface area (Å²) in [6.45, 7) is 3.08. The molecule has 6 nitrogen and oxygen atoms in total. The first-order chi connectivity index (χ1) is 9.70. The summed E-state index contributed by atoms with van der Waals surface area (Å²) >= 11 is 0. The Morgan fingerprint density at radius 2 is 2.25 bits per heavy atom. The van der Waals surface area contributed by atoms with E-state index in [0.29, 0.717) is 24.8 Å². The Bertz CT molecular complexity index is 453. The van der Waals surface area contributed by atoms with Crippen LogP contribution in [0.1, 0.15) is 32.6 Å². The van der Waals surface area contributed by atoms with Gasteiger partial charge < -0.3 is 15.2 Å². The van der Waals surface area contributed by atoms with Gasteiger partial charge in [-0.05, 0) is 25.7 Å². The summed E-state index contributed by atoms with van der Waals surface area (Å²) in [5.74, 6) is 0.437. The molecule has 0 amide bonds. The predicted octanol–water partition coefficient (Wildman–Crippen LogP) is 2.18. The highest BCUT2D eigenvalue weighted by Crippen LogP contribution is 2.30. The highest BCUT2D eigenvalue weighted by atomic mass is 16.5. The molecule has 2 rings (SSSR count). The van der Waals surface area contributed by atoms with E-state index in [4.69, 9.17) is 4.74 Å². The normalized spacial score (nSPS) is 22.2. The van der Waals surface area contributed by atoms with Crippen LogP contribution in [0.5, 0.6) is 5.88 Å². The summed E-state index contributed by atoms with van der Waals surface area (Å²) in [5, 5.41) is 12.5. The van der Waals surface area contributed by atoms with Crippen molar-refractivity contribution >= 4 is 11.8 Å². The van der Waals surface area contributed by atoms with Crippen LogP contribution in [0.2, 0.25) is 0 Å². The van der Waals surface area contributed by atoms with Gasteiger partial charge in [0.1, 0.15) is 12.1 Å². The number of carbonyl (C=O) groups is 1. The molecule has 2 unspecified atom stereocenters. The van der Waals surface area contributed by atoms with Crippen LogP contribution in [-0.4, -0.2) is 34.2 Å². The molecule has 1 aromatic rings. The smallest absolute Gasteiger partial charge is 0.306 e. The van der Waals surface area contributed by atoms with Crippen molar-refractivity contribution in [3.63, 3.8) is 0 Å². The Hall–Kier alpha value is -1.85. The van der Waals surface area contributed by atoms with Crippen LogP contribution < -0.4 is 10.1 Å². The van der Waals surface area contributed by atoms with E-state index in [-0.39, 0.29) is 11.8 Å². The molecular formula is C14H21N3O3. The molecular weight excluding hydrogens is 258 g/mol. The fourth-order valence-corrected chi connectivity index (χ4v) is 2.68. The average molecular weight is 279 g/mol. The Morgan fingerprint density at radius 3 is 3.00 bits per heavy atom. The number of aliphatic carboxylic acids is 1. The first-order valence-electron chi connectivity index (χ1n) is 7.12. The van der Waals surface area contributed by atoms with Gasteiger partial charge in [0.05, 0.1) is 12.5 Å². The summed E-state index contributed by atoms with van der Waals surface area (Å²) < 4.78 is 5.31. The molecule has 0 aromatic carbocycles. The van der Waals surface area contributed by atoms with Gasteiger partial charge in [0, 0.05) is 12.6 Å². The van der Waals surface area contributed by atoms with Gasteiger partial charge in [0.2, 0.25) is 5.88 Å². The standard InChI is InChI=1S/C14H21N3O3/c1-2-20-13-7-12(16-9-17-13)15-8-10-5-3-4-6-11(10)14(18)19/h7,9-11H,2-6,8H2,1H3,(H,18,19)(H,15,16,17). The maximum atomic E-state index is 11.2. The number of carboxylic acid groups (broad SMARTS) is 1. The first kappa shape index (κ1) is 14.6. The van der Waals surface area contributed by atoms with E-state index in [1.165, 1.54) is 6.33 Å². The summed E-state index contributed by atoms with van der Waals surface area (Å²) in [6.07, 6.45) is 5.28. The molecule has 6 heteroatoms. The highest BCUT2D eigenvalue weighted by molar-refractivity contribution is 5.70. The molecule has 1 heterocycles. The van der Waals surface area contributed by atoms with Gasteiger partial charge in [0.25, 0.3) is 0 Å². The second-order valence-corrected chi connectivity index (χ2v) is 5.04. The highest BCUT2D eigenvalue weighted by Gasteiger charge is 2.30. The number of anilines is 1. The largest absolute Gasteiger partial charge is 0.481 e. The SMILES string of the molecule is CCOc1cc(NCC2CCCCC2C(=O)O)ncn1. The van der Waals surface area contributed by atoms with E-state index < -0.39 is 5.97 Å².